The van der Waals surface area contributed by atoms with Gasteiger partial charge in [-0.15, -0.1) is 11.8 Å². The molecule has 0 aromatic heterocycles. The molecule has 132 valence electrons. The van der Waals surface area contributed by atoms with Crippen molar-refractivity contribution in [3.05, 3.63) is 54.6 Å². The van der Waals surface area contributed by atoms with Crippen LogP contribution < -0.4 is 10.1 Å². The van der Waals surface area contributed by atoms with Gasteiger partial charge in [0.15, 0.2) is 6.61 Å². The van der Waals surface area contributed by atoms with Crippen LogP contribution in [0.15, 0.2) is 59.5 Å². The van der Waals surface area contributed by atoms with Crippen molar-refractivity contribution in [3.8, 4) is 5.75 Å². The Morgan fingerprint density at radius 3 is 2.40 bits per heavy atom. The fraction of sp³-hybridized carbons (Fsp3) is 0.263. The highest BCUT2D eigenvalue weighted by atomic mass is 32.2. The van der Waals surface area contributed by atoms with Crippen LogP contribution in [0.4, 0.5) is 5.69 Å². The Morgan fingerprint density at radius 2 is 1.76 bits per heavy atom. The molecule has 0 fully saturated rings. The summed E-state index contributed by atoms with van der Waals surface area (Å²) >= 11 is 1.39. The van der Waals surface area contributed by atoms with Crippen LogP contribution in [-0.2, 0) is 14.3 Å². The van der Waals surface area contributed by atoms with Gasteiger partial charge in [-0.05, 0) is 50.2 Å². The summed E-state index contributed by atoms with van der Waals surface area (Å²) in [4.78, 5) is 24.8. The van der Waals surface area contributed by atoms with E-state index in [1.807, 2.05) is 37.3 Å². The molecule has 0 saturated heterocycles. The number of carbonyl (C=O) groups is 2. The Kier molecular flexibility index (Phi) is 7.35. The third-order valence-corrected chi connectivity index (χ3v) is 4.27. The fourth-order valence-electron chi connectivity index (χ4n) is 2.00. The van der Waals surface area contributed by atoms with Crippen molar-refractivity contribution in [2.75, 3.05) is 18.5 Å². The van der Waals surface area contributed by atoms with E-state index >= 15 is 0 Å². The number of amides is 1. The van der Waals surface area contributed by atoms with Gasteiger partial charge in [0.25, 0.3) is 5.91 Å². The lowest BCUT2D eigenvalue weighted by molar-refractivity contribution is -0.146. The second kappa shape index (κ2) is 9.74. The van der Waals surface area contributed by atoms with Crippen molar-refractivity contribution in [2.24, 2.45) is 0 Å². The number of hydrogen-bond acceptors (Lipinski definition) is 5. The second-order valence-electron chi connectivity index (χ2n) is 5.19. The quantitative estimate of drug-likeness (QED) is 0.574. The zero-order chi connectivity index (χ0) is 18.1. The highest BCUT2D eigenvalue weighted by Crippen LogP contribution is 2.23. The summed E-state index contributed by atoms with van der Waals surface area (Å²) < 4.78 is 10.4. The monoisotopic (exact) mass is 359 g/mol. The Bertz CT molecular complexity index is 688. The van der Waals surface area contributed by atoms with E-state index in [9.17, 15) is 9.59 Å². The van der Waals surface area contributed by atoms with E-state index in [4.69, 9.17) is 9.47 Å². The topological polar surface area (TPSA) is 64.6 Å². The lowest BCUT2D eigenvalue weighted by Gasteiger charge is -2.11. The SMILES string of the molecule is CCOc1ccc(NC(=O)COC(=O)[C@@H](C)Sc2ccccc2)cc1. The van der Waals surface area contributed by atoms with Gasteiger partial charge in [-0.1, -0.05) is 18.2 Å². The molecule has 0 aliphatic carbocycles. The van der Waals surface area contributed by atoms with Crippen LogP contribution in [-0.4, -0.2) is 30.3 Å². The number of anilines is 1. The summed E-state index contributed by atoms with van der Waals surface area (Å²) in [7, 11) is 0. The van der Waals surface area contributed by atoms with Gasteiger partial charge >= 0.3 is 5.97 Å². The minimum atomic E-state index is -0.421. The maximum absolute atomic E-state index is 12.0. The zero-order valence-corrected chi connectivity index (χ0v) is 15.0. The average molecular weight is 359 g/mol. The van der Waals surface area contributed by atoms with Gasteiger partial charge < -0.3 is 14.8 Å². The Labute approximate surface area is 151 Å². The molecule has 0 radical (unpaired) electrons. The lowest BCUT2D eigenvalue weighted by atomic mass is 10.3. The summed E-state index contributed by atoms with van der Waals surface area (Å²) in [5.41, 5.74) is 0.621. The molecule has 2 rings (SSSR count). The highest BCUT2D eigenvalue weighted by molar-refractivity contribution is 8.00. The molecule has 0 aliphatic rings. The standard InChI is InChI=1S/C19H21NO4S/c1-3-23-16-11-9-15(10-12-16)20-18(21)13-24-19(22)14(2)25-17-7-5-4-6-8-17/h4-12,14H,3,13H2,1-2H3,(H,20,21)/t14-/m1/s1. The third kappa shape index (κ3) is 6.51. The van der Waals surface area contributed by atoms with Gasteiger partial charge in [-0.3, -0.25) is 9.59 Å². The molecular weight excluding hydrogens is 338 g/mol. The van der Waals surface area contributed by atoms with Gasteiger partial charge in [0, 0.05) is 10.6 Å². The molecule has 0 bridgehead atoms. The van der Waals surface area contributed by atoms with Crippen LogP contribution in [0, 0.1) is 0 Å². The molecule has 2 aromatic carbocycles. The van der Waals surface area contributed by atoms with E-state index in [0.29, 0.717) is 12.3 Å². The first-order chi connectivity index (χ1) is 12.1. The molecule has 0 aliphatic heterocycles. The Hall–Kier alpha value is -2.47. The summed E-state index contributed by atoms with van der Waals surface area (Å²) in [6.45, 7) is 3.93. The summed E-state index contributed by atoms with van der Waals surface area (Å²) in [5, 5.41) is 2.29. The molecule has 0 saturated carbocycles. The first kappa shape index (κ1) is 18.9. The second-order valence-corrected chi connectivity index (χ2v) is 6.60. The Balaban J connectivity index is 1.75. The molecule has 25 heavy (non-hydrogen) atoms. The molecule has 0 heterocycles. The number of hydrogen-bond donors (Lipinski definition) is 1. The van der Waals surface area contributed by atoms with E-state index in [1.54, 1.807) is 31.2 Å². The van der Waals surface area contributed by atoms with E-state index in [2.05, 4.69) is 5.32 Å². The smallest absolute Gasteiger partial charge is 0.319 e. The number of nitrogens with one attached hydrogen (secondary N) is 1. The minimum Gasteiger partial charge on any atom is -0.494 e. The van der Waals surface area contributed by atoms with Crippen LogP contribution in [0.1, 0.15) is 13.8 Å². The van der Waals surface area contributed by atoms with Crippen molar-refractivity contribution in [2.45, 2.75) is 24.0 Å². The molecule has 0 spiro atoms. The van der Waals surface area contributed by atoms with Crippen molar-refractivity contribution in [1.29, 1.82) is 0 Å². The van der Waals surface area contributed by atoms with Gasteiger partial charge in [-0.25, -0.2) is 0 Å². The van der Waals surface area contributed by atoms with E-state index in [0.717, 1.165) is 10.6 Å². The molecular formula is C19H21NO4S. The van der Waals surface area contributed by atoms with Gasteiger partial charge in [-0.2, -0.15) is 0 Å². The van der Waals surface area contributed by atoms with Gasteiger partial charge in [0.05, 0.1) is 6.61 Å². The van der Waals surface area contributed by atoms with Crippen molar-refractivity contribution >= 4 is 29.3 Å². The molecule has 0 unspecified atom stereocenters. The molecule has 5 nitrogen and oxygen atoms in total. The van der Waals surface area contributed by atoms with Crippen LogP contribution in [0.5, 0.6) is 5.75 Å². The summed E-state index contributed by atoms with van der Waals surface area (Å²) in [6, 6.07) is 16.6. The maximum atomic E-state index is 12.0. The van der Waals surface area contributed by atoms with E-state index in [-0.39, 0.29) is 17.8 Å². The van der Waals surface area contributed by atoms with E-state index in [1.165, 1.54) is 11.8 Å². The van der Waals surface area contributed by atoms with Crippen LogP contribution in [0.3, 0.4) is 0 Å². The van der Waals surface area contributed by atoms with Gasteiger partial charge in [0.1, 0.15) is 11.0 Å². The first-order valence-corrected chi connectivity index (χ1v) is 8.87. The molecule has 1 amide bonds. The van der Waals surface area contributed by atoms with Crippen LogP contribution in [0.25, 0.3) is 0 Å². The molecule has 1 atom stereocenters. The van der Waals surface area contributed by atoms with Crippen molar-refractivity contribution in [3.63, 3.8) is 0 Å². The number of benzene rings is 2. The maximum Gasteiger partial charge on any atom is 0.319 e. The highest BCUT2D eigenvalue weighted by Gasteiger charge is 2.17. The molecule has 1 N–H and O–H groups in total. The average Bonchev–Trinajstić information content (AvgIpc) is 2.62. The number of rotatable bonds is 8. The normalized spacial score (nSPS) is 11.4. The number of esters is 1. The predicted molar refractivity (Wildman–Crippen MR) is 99.0 cm³/mol. The number of thioether (sulfide) groups is 1. The van der Waals surface area contributed by atoms with Crippen LogP contribution in [0.2, 0.25) is 0 Å². The largest absolute Gasteiger partial charge is 0.494 e. The van der Waals surface area contributed by atoms with Gasteiger partial charge in [0.2, 0.25) is 0 Å². The molecule has 2 aromatic rings. The number of ether oxygens (including phenoxy) is 2. The van der Waals surface area contributed by atoms with Crippen LogP contribution >= 0.6 is 11.8 Å². The first-order valence-electron chi connectivity index (χ1n) is 7.99. The predicted octanol–water partition coefficient (Wildman–Crippen LogP) is 3.75. The zero-order valence-electron chi connectivity index (χ0n) is 14.2. The Morgan fingerprint density at radius 1 is 1.08 bits per heavy atom. The summed E-state index contributed by atoms with van der Waals surface area (Å²) in [6.07, 6.45) is 0. The van der Waals surface area contributed by atoms with Crippen molar-refractivity contribution < 1.29 is 19.1 Å². The van der Waals surface area contributed by atoms with E-state index < -0.39 is 5.97 Å². The minimum absolute atomic E-state index is 0.314. The third-order valence-electron chi connectivity index (χ3n) is 3.18. The summed E-state index contributed by atoms with van der Waals surface area (Å²) in [5.74, 6) is -0.0659. The fourth-order valence-corrected chi connectivity index (χ4v) is 2.89. The lowest BCUT2D eigenvalue weighted by Crippen LogP contribution is -2.24. The van der Waals surface area contributed by atoms with Crippen molar-refractivity contribution in [1.82, 2.24) is 0 Å². The number of carbonyl (C=O) groups excluding carboxylic acids is 2. The molecule has 6 heteroatoms.